The molecular weight excluding hydrogens is 248 g/mol. The summed E-state index contributed by atoms with van der Waals surface area (Å²) in [5, 5.41) is -0.181. The van der Waals surface area contributed by atoms with E-state index in [9.17, 15) is 8.42 Å². The van der Waals surface area contributed by atoms with Gasteiger partial charge in [-0.15, -0.1) is 0 Å². The monoisotopic (exact) mass is 270 g/mol. The summed E-state index contributed by atoms with van der Waals surface area (Å²) in [4.78, 5) is 0. The Hall–Kier alpha value is -0.970. The maximum Gasteiger partial charge on any atom is 0.150 e. The van der Waals surface area contributed by atoms with Crippen molar-refractivity contribution < 1.29 is 8.42 Å². The Morgan fingerprint density at radius 3 is 2.39 bits per heavy atom. The van der Waals surface area contributed by atoms with Gasteiger partial charge in [-0.25, -0.2) is 8.42 Å². The Balaban J connectivity index is 2.07. The van der Waals surface area contributed by atoms with Crippen LogP contribution in [-0.4, -0.2) is 30.6 Å². The highest BCUT2D eigenvalue weighted by atomic mass is 32.2. The molecule has 2 atom stereocenters. The molecule has 1 heterocycles. The zero-order chi connectivity index (χ0) is 13.3. The van der Waals surface area contributed by atoms with E-state index >= 15 is 0 Å². The summed E-state index contributed by atoms with van der Waals surface area (Å²) in [5.41, 5.74) is 5.77. The van der Waals surface area contributed by atoms with E-state index in [1.165, 1.54) is 6.26 Å². The Morgan fingerprint density at radius 1 is 1.22 bits per heavy atom. The Labute approximate surface area is 109 Å². The van der Waals surface area contributed by atoms with Gasteiger partial charge < -0.3 is 5.43 Å². The zero-order valence-electron chi connectivity index (χ0n) is 11.3. The van der Waals surface area contributed by atoms with E-state index in [1.54, 1.807) is 0 Å². The van der Waals surface area contributed by atoms with E-state index in [1.807, 2.05) is 0 Å². The fourth-order valence-corrected chi connectivity index (χ4v) is 3.88. The molecule has 1 aromatic heterocycles. The maximum absolute atomic E-state index is 11.6. The van der Waals surface area contributed by atoms with Crippen LogP contribution in [0.1, 0.15) is 37.1 Å². The third-order valence-electron chi connectivity index (χ3n) is 3.81. The first kappa shape index (κ1) is 13.5. The van der Waals surface area contributed by atoms with Crippen molar-refractivity contribution in [3.05, 3.63) is 23.5 Å². The molecule has 0 aliphatic heterocycles. The number of hydrogen-bond acceptors (Lipinski definition) is 3. The first-order valence-electron chi connectivity index (χ1n) is 6.48. The van der Waals surface area contributed by atoms with Crippen LogP contribution in [0.3, 0.4) is 0 Å². The first-order valence-corrected chi connectivity index (χ1v) is 8.44. The van der Waals surface area contributed by atoms with Gasteiger partial charge in [0.2, 0.25) is 0 Å². The summed E-state index contributed by atoms with van der Waals surface area (Å²) in [7, 11) is -2.91. The standard InChI is InChI=1S/C13H22N2O2S/c1-10-7-8-11(2)15(10)14-12-5-4-6-13(9-12)18(3,16)17/h7-8,12-14H,4-6,9H2,1-3H3. The zero-order valence-corrected chi connectivity index (χ0v) is 12.1. The minimum atomic E-state index is -2.91. The molecule has 4 nitrogen and oxygen atoms in total. The van der Waals surface area contributed by atoms with Gasteiger partial charge in [0.15, 0.2) is 0 Å². The third kappa shape index (κ3) is 2.88. The molecule has 18 heavy (non-hydrogen) atoms. The van der Waals surface area contributed by atoms with Gasteiger partial charge in [0, 0.05) is 23.7 Å². The predicted octanol–water partition coefficient (Wildman–Crippen LogP) is 2.00. The van der Waals surface area contributed by atoms with Gasteiger partial charge in [0.25, 0.3) is 0 Å². The maximum atomic E-state index is 11.6. The highest BCUT2D eigenvalue weighted by Gasteiger charge is 2.29. The van der Waals surface area contributed by atoms with E-state index in [2.05, 4.69) is 36.1 Å². The molecule has 1 saturated carbocycles. The smallest absolute Gasteiger partial charge is 0.150 e. The summed E-state index contributed by atoms with van der Waals surface area (Å²) in [6, 6.07) is 4.39. The second-order valence-electron chi connectivity index (χ2n) is 5.40. The van der Waals surface area contributed by atoms with Crippen molar-refractivity contribution in [2.75, 3.05) is 11.7 Å². The second-order valence-corrected chi connectivity index (χ2v) is 7.72. The van der Waals surface area contributed by atoms with Crippen LogP contribution >= 0.6 is 0 Å². The molecule has 1 aliphatic carbocycles. The van der Waals surface area contributed by atoms with Crippen molar-refractivity contribution in [1.82, 2.24) is 4.68 Å². The molecule has 1 aromatic rings. The molecular formula is C13H22N2O2S. The van der Waals surface area contributed by atoms with E-state index in [0.717, 1.165) is 37.1 Å². The minimum absolute atomic E-state index is 0.181. The van der Waals surface area contributed by atoms with Gasteiger partial charge in [-0.2, -0.15) is 0 Å². The van der Waals surface area contributed by atoms with Crippen molar-refractivity contribution in [1.29, 1.82) is 0 Å². The van der Waals surface area contributed by atoms with Gasteiger partial charge in [-0.05, 0) is 45.2 Å². The molecule has 1 N–H and O–H groups in total. The van der Waals surface area contributed by atoms with Crippen LogP contribution in [-0.2, 0) is 9.84 Å². The Kier molecular flexibility index (Phi) is 3.71. The summed E-state index contributed by atoms with van der Waals surface area (Å²) in [6.07, 6.45) is 4.90. The van der Waals surface area contributed by atoms with Gasteiger partial charge >= 0.3 is 0 Å². The summed E-state index contributed by atoms with van der Waals surface area (Å²) in [6.45, 7) is 4.10. The number of nitrogens with zero attached hydrogens (tertiary/aromatic N) is 1. The molecule has 1 fully saturated rings. The van der Waals surface area contributed by atoms with E-state index in [-0.39, 0.29) is 11.3 Å². The fourth-order valence-electron chi connectivity index (χ4n) is 2.71. The lowest BCUT2D eigenvalue weighted by atomic mass is 9.95. The average Bonchev–Trinajstić information content (AvgIpc) is 2.60. The molecule has 2 rings (SSSR count). The van der Waals surface area contributed by atoms with Crippen LogP contribution in [0.5, 0.6) is 0 Å². The van der Waals surface area contributed by atoms with Crippen molar-refractivity contribution >= 4 is 9.84 Å². The molecule has 0 aromatic carbocycles. The van der Waals surface area contributed by atoms with Crippen molar-refractivity contribution in [3.8, 4) is 0 Å². The van der Waals surface area contributed by atoms with Crippen LogP contribution in [0.15, 0.2) is 12.1 Å². The van der Waals surface area contributed by atoms with E-state index < -0.39 is 9.84 Å². The normalized spacial score (nSPS) is 25.1. The number of rotatable bonds is 3. The van der Waals surface area contributed by atoms with Crippen molar-refractivity contribution in [3.63, 3.8) is 0 Å². The van der Waals surface area contributed by atoms with Crippen LogP contribution in [0.2, 0.25) is 0 Å². The fraction of sp³-hybridized carbons (Fsp3) is 0.692. The molecule has 0 spiro atoms. The minimum Gasteiger partial charge on any atom is -0.323 e. The van der Waals surface area contributed by atoms with Gasteiger partial charge in [-0.1, -0.05) is 6.42 Å². The Bertz CT molecular complexity index is 500. The molecule has 0 bridgehead atoms. The largest absolute Gasteiger partial charge is 0.323 e. The highest BCUT2D eigenvalue weighted by molar-refractivity contribution is 7.91. The molecule has 2 unspecified atom stereocenters. The topological polar surface area (TPSA) is 51.1 Å². The Morgan fingerprint density at radius 2 is 1.83 bits per heavy atom. The van der Waals surface area contributed by atoms with Crippen LogP contribution in [0.25, 0.3) is 0 Å². The SMILES string of the molecule is Cc1ccc(C)n1NC1CCCC(S(C)(=O)=O)C1. The molecule has 1 aliphatic rings. The number of hydrogen-bond donors (Lipinski definition) is 1. The lowest BCUT2D eigenvalue weighted by Crippen LogP contribution is -2.38. The van der Waals surface area contributed by atoms with Crippen molar-refractivity contribution in [2.24, 2.45) is 0 Å². The summed E-state index contributed by atoms with van der Waals surface area (Å²) < 4.78 is 25.3. The van der Waals surface area contributed by atoms with Crippen LogP contribution in [0.4, 0.5) is 0 Å². The molecule has 0 radical (unpaired) electrons. The van der Waals surface area contributed by atoms with E-state index in [4.69, 9.17) is 0 Å². The second kappa shape index (κ2) is 4.96. The molecule has 0 amide bonds. The van der Waals surface area contributed by atoms with E-state index in [0.29, 0.717) is 0 Å². The highest BCUT2D eigenvalue weighted by Crippen LogP contribution is 2.24. The third-order valence-corrected chi connectivity index (χ3v) is 5.45. The van der Waals surface area contributed by atoms with Crippen molar-refractivity contribution in [2.45, 2.75) is 50.8 Å². The van der Waals surface area contributed by atoms with Gasteiger partial charge in [0.05, 0.1) is 5.25 Å². The lowest BCUT2D eigenvalue weighted by Gasteiger charge is -2.30. The van der Waals surface area contributed by atoms with Crippen LogP contribution < -0.4 is 5.43 Å². The first-order chi connectivity index (χ1) is 8.38. The number of nitrogens with one attached hydrogen (secondary N) is 1. The van der Waals surface area contributed by atoms with Gasteiger partial charge in [-0.3, -0.25) is 4.68 Å². The summed E-state index contributed by atoms with van der Waals surface area (Å²) in [5.74, 6) is 0. The average molecular weight is 270 g/mol. The molecule has 5 heteroatoms. The summed E-state index contributed by atoms with van der Waals surface area (Å²) >= 11 is 0. The van der Waals surface area contributed by atoms with Crippen LogP contribution in [0, 0.1) is 13.8 Å². The quantitative estimate of drug-likeness (QED) is 0.914. The molecule has 0 saturated heterocycles. The van der Waals surface area contributed by atoms with Gasteiger partial charge in [0.1, 0.15) is 9.84 Å². The number of aromatic nitrogens is 1. The molecule has 102 valence electrons. The lowest BCUT2D eigenvalue weighted by molar-refractivity contribution is 0.430. The number of sulfone groups is 1. The predicted molar refractivity (Wildman–Crippen MR) is 74.2 cm³/mol. The number of aryl methyl sites for hydroxylation is 2.